The van der Waals surface area contributed by atoms with Crippen LogP contribution in [0.2, 0.25) is 0 Å². The van der Waals surface area contributed by atoms with Crippen LogP contribution in [0.25, 0.3) is 10.2 Å². The van der Waals surface area contributed by atoms with Gasteiger partial charge in [0.1, 0.15) is 6.54 Å². The van der Waals surface area contributed by atoms with Gasteiger partial charge in [0, 0.05) is 23.8 Å². The van der Waals surface area contributed by atoms with Crippen molar-refractivity contribution in [2.45, 2.75) is 20.4 Å². The molecule has 2 aromatic carbocycles. The summed E-state index contributed by atoms with van der Waals surface area (Å²) in [6.07, 6.45) is 0. The van der Waals surface area contributed by atoms with Gasteiger partial charge in [-0.2, -0.15) is 4.99 Å². The summed E-state index contributed by atoms with van der Waals surface area (Å²) in [6, 6.07) is 7.72. The van der Waals surface area contributed by atoms with Gasteiger partial charge in [0.05, 0.1) is 27.3 Å². The number of aromatic nitrogens is 1. The minimum atomic E-state index is -0.648. The second-order valence-corrected chi connectivity index (χ2v) is 7.58. The maximum Gasteiger partial charge on any atom is 0.326 e. The molecule has 1 aromatic heterocycles. The maximum atomic E-state index is 12.9. The summed E-state index contributed by atoms with van der Waals surface area (Å²) in [5.41, 5.74) is 0.802. The van der Waals surface area contributed by atoms with Gasteiger partial charge in [-0.25, -0.2) is 0 Å². The molecule has 1 aliphatic rings. The van der Waals surface area contributed by atoms with E-state index in [9.17, 15) is 19.7 Å². The Balaban J connectivity index is 1.85. The van der Waals surface area contributed by atoms with E-state index >= 15 is 0 Å². The molecule has 2 heterocycles. The van der Waals surface area contributed by atoms with Crippen molar-refractivity contribution in [3.63, 3.8) is 0 Å². The molecule has 1 aliphatic heterocycles. The number of nitro benzene ring substituents is 1. The Morgan fingerprint density at radius 2 is 2.03 bits per heavy atom. The molecule has 1 amide bonds. The first-order chi connectivity index (χ1) is 14.9. The van der Waals surface area contributed by atoms with Crippen molar-refractivity contribution in [2.24, 2.45) is 4.99 Å². The fourth-order valence-electron chi connectivity index (χ4n) is 3.23. The Labute approximate surface area is 179 Å². The molecule has 0 N–H and O–H groups in total. The van der Waals surface area contributed by atoms with Crippen molar-refractivity contribution in [1.82, 2.24) is 4.57 Å². The fourth-order valence-corrected chi connectivity index (χ4v) is 4.27. The number of nitro groups is 1. The third-order valence-corrected chi connectivity index (χ3v) is 5.74. The van der Waals surface area contributed by atoms with Gasteiger partial charge in [0.25, 0.3) is 11.6 Å². The van der Waals surface area contributed by atoms with Gasteiger partial charge in [-0.3, -0.25) is 19.7 Å². The lowest BCUT2D eigenvalue weighted by Gasteiger charge is -2.06. The summed E-state index contributed by atoms with van der Waals surface area (Å²) in [5, 5.41) is 11.2. The average Bonchev–Trinajstić information content (AvgIpc) is 3.30. The lowest BCUT2D eigenvalue weighted by atomic mass is 10.1. The number of fused-ring (bicyclic) bond motifs is 2. The summed E-state index contributed by atoms with van der Waals surface area (Å²) >= 11 is 1.19. The highest BCUT2D eigenvalue weighted by Crippen LogP contribution is 2.37. The summed E-state index contributed by atoms with van der Waals surface area (Å²) in [7, 11) is 0. The number of esters is 1. The molecule has 10 nitrogen and oxygen atoms in total. The molecule has 0 radical (unpaired) electrons. The van der Waals surface area contributed by atoms with E-state index in [0.717, 1.165) is 4.70 Å². The van der Waals surface area contributed by atoms with Crippen LogP contribution in [0.1, 0.15) is 22.8 Å². The number of nitrogens with zero attached hydrogens (tertiary/aromatic N) is 3. The van der Waals surface area contributed by atoms with Gasteiger partial charge < -0.3 is 18.8 Å². The van der Waals surface area contributed by atoms with E-state index in [-0.39, 0.29) is 41.6 Å². The molecular formula is C20H17N3O7S. The highest BCUT2D eigenvalue weighted by Gasteiger charge is 2.21. The Morgan fingerprint density at radius 1 is 1.29 bits per heavy atom. The van der Waals surface area contributed by atoms with E-state index in [0.29, 0.717) is 17.0 Å². The van der Waals surface area contributed by atoms with Crippen LogP contribution in [0.5, 0.6) is 11.5 Å². The van der Waals surface area contributed by atoms with E-state index < -0.39 is 16.8 Å². The first-order valence-corrected chi connectivity index (χ1v) is 10.1. The fraction of sp³-hybridized carbons (Fsp3) is 0.250. The van der Waals surface area contributed by atoms with Crippen molar-refractivity contribution in [1.29, 1.82) is 0 Å². The minimum absolute atomic E-state index is 0.103. The number of carbonyl (C=O) groups excluding carboxylic acids is 2. The van der Waals surface area contributed by atoms with Crippen LogP contribution < -0.4 is 14.3 Å². The number of carbonyl (C=O) groups is 2. The maximum absolute atomic E-state index is 12.9. The number of amides is 1. The largest absolute Gasteiger partial charge is 0.465 e. The molecule has 0 spiro atoms. The molecule has 0 bridgehead atoms. The smallest absolute Gasteiger partial charge is 0.326 e. The Morgan fingerprint density at radius 3 is 2.74 bits per heavy atom. The van der Waals surface area contributed by atoms with Gasteiger partial charge in [0.15, 0.2) is 16.3 Å². The van der Waals surface area contributed by atoms with E-state index in [1.54, 1.807) is 23.6 Å². The van der Waals surface area contributed by atoms with Gasteiger partial charge >= 0.3 is 5.97 Å². The summed E-state index contributed by atoms with van der Waals surface area (Å²) < 4.78 is 18.2. The van der Waals surface area contributed by atoms with Crippen LogP contribution in [0.3, 0.4) is 0 Å². The molecule has 0 saturated heterocycles. The zero-order valence-electron chi connectivity index (χ0n) is 16.6. The standard InChI is InChI=1S/C20H17N3O7S/c1-3-28-18(24)9-22-14-7-15-16(30-10-29-15)8-17(14)31-20(22)21-19(25)12-5-4-6-13(11(12)2)23(26)27/h4-8H,3,9-10H2,1-2H3. The third-order valence-electron chi connectivity index (χ3n) is 4.70. The van der Waals surface area contributed by atoms with Crippen LogP contribution in [-0.4, -0.2) is 34.8 Å². The quantitative estimate of drug-likeness (QED) is 0.337. The summed E-state index contributed by atoms with van der Waals surface area (Å²) in [6.45, 7) is 3.36. The van der Waals surface area contributed by atoms with Crippen LogP contribution in [-0.2, 0) is 16.1 Å². The molecule has 0 aliphatic carbocycles. The van der Waals surface area contributed by atoms with Gasteiger partial charge in [0.2, 0.25) is 6.79 Å². The number of hydrogen-bond acceptors (Lipinski definition) is 8. The molecule has 4 rings (SSSR count). The molecule has 3 aromatic rings. The monoisotopic (exact) mass is 443 g/mol. The molecular weight excluding hydrogens is 426 g/mol. The second-order valence-electron chi connectivity index (χ2n) is 6.57. The van der Waals surface area contributed by atoms with Crippen molar-refractivity contribution in [3.8, 4) is 11.5 Å². The van der Waals surface area contributed by atoms with Crippen LogP contribution in [0, 0.1) is 17.0 Å². The van der Waals surface area contributed by atoms with E-state index in [1.807, 2.05) is 0 Å². The zero-order chi connectivity index (χ0) is 22.1. The average molecular weight is 443 g/mol. The number of thiazole rings is 1. The van der Waals surface area contributed by atoms with Crippen molar-refractivity contribution in [2.75, 3.05) is 13.4 Å². The number of benzene rings is 2. The van der Waals surface area contributed by atoms with E-state index in [4.69, 9.17) is 14.2 Å². The highest BCUT2D eigenvalue weighted by molar-refractivity contribution is 7.16. The molecule has 0 fully saturated rings. The van der Waals surface area contributed by atoms with Crippen LogP contribution >= 0.6 is 11.3 Å². The lowest BCUT2D eigenvalue weighted by Crippen LogP contribution is -2.23. The zero-order valence-corrected chi connectivity index (χ0v) is 17.4. The molecule has 160 valence electrons. The van der Waals surface area contributed by atoms with Crippen molar-refractivity contribution >= 4 is 39.1 Å². The molecule has 0 unspecified atom stereocenters. The number of hydrogen-bond donors (Lipinski definition) is 0. The van der Waals surface area contributed by atoms with Crippen LogP contribution in [0.15, 0.2) is 35.3 Å². The number of ether oxygens (including phenoxy) is 3. The Hall–Kier alpha value is -3.73. The molecule has 11 heteroatoms. The van der Waals surface area contributed by atoms with Crippen molar-refractivity contribution in [3.05, 3.63) is 56.4 Å². The highest BCUT2D eigenvalue weighted by atomic mass is 32.1. The van der Waals surface area contributed by atoms with E-state index in [2.05, 4.69) is 4.99 Å². The molecule has 0 atom stereocenters. The SMILES string of the molecule is CCOC(=O)Cn1c(=NC(=O)c2cccc([N+](=O)[O-])c2C)sc2cc3c(cc21)OCO3. The first-order valence-electron chi connectivity index (χ1n) is 9.30. The molecule has 31 heavy (non-hydrogen) atoms. The number of rotatable bonds is 5. The Bertz CT molecular complexity index is 1290. The molecule has 0 saturated carbocycles. The summed E-state index contributed by atoms with van der Waals surface area (Å²) in [4.78, 5) is 40.1. The Kier molecular flexibility index (Phi) is 5.42. The normalized spacial score (nSPS) is 12.9. The lowest BCUT2D eigenvalue weighted by molar-refractivity contribution is -0.385. The minimum Gasteiger partial charge on any atom is -0.465 e. The van der Waals surface area contributed by atoms with Crippen LogP contribution in [0.4, 0.5) is 5.69 Å². The third kappa shape index (κ3) is 3.87. The van der Waals surface area contributed by atoms with Crippen molar-refractivity contribution < 1.29 is 28.7 Å². The van der Waals surface area contributed by atoms with Gasteiger partial charge in [-0.05, 0) is 19.9 Å². The summed E-state index contributed by atoms with van der Waals surface area (Å²) in [5.74, 6) is -0.0505. The predicted octanol–water partition coefficient (Wildman–Crippen LogP) is 2.95. The van der Waals surface area contributed by atoms with Gasteiger partial charge in [-0.1, -0.05) is 17.4 Å². The topological polar surface area (TPSA) is 122 Å². The second kappa shape index (κ2) is 8.19. The van der Waals surface area contributed by atoms with E-state index in [1.165, 1.54) is 36.5 Å². The predicted molar refractivity (Wildman–Crippen MR) is 110 cm³/mol. The first kappa shape index (κ1) is 20.5. The van der Waals surface area contributed by atoms with Gasteiger partial charge in [-0.15, -0.1) is 0 Å².